The zero-order chi connectivity index (χ0) is 9.90. The third-order valence-electron chi connectivity index (χ3n) is 2.15. The summed E-state index contributed by atoms with van der Waals surface area (Å²) >= 11 is 0. The first-order valence-corrected chi connectivity index (χ1v) is 4.43. The van der Waals surface area contributed by atoms with Crippen LogP contribution in [0.25, 0.3) is 0 Å². The van der Waals surface area contributed by atoms with Crippen molar-refractivity contribution >= 4 is 0 Å². The lowest BCUT2D eigenvalue weighted by Crippen LogP contribution is -2.19. The van der Waals surface area contributed by atoms with Gasteiger partial charge in [0, 0.05) is 6.42 Å². The van der Waals surface area contributed by atoms with E-state index in [-0.39, 0.29) is 12.0 Å². The first-order chi connectivity index (χ1) is 6.06. The van der Waals surface area contributed by atoms with Gasteiger partial charge in [-0.05, 0) is 25.3 Å². The summed E-state index contributed by atoms with van der Waals surface area (Å²) in [5, 5.41) is 0. The van der Waals surface area contributed by atoms with Crippen LogP contribution in [0.15, 0.2) is 36.0 Å². The summed E-state index contributed by atoms with van der Waals surface area (Å²) < 4.78 is 26.6. The summed E-state index contributed by atoms with van der Waals surface area (Å²) in [5.41, 5.74) is 1.18. The summed E-state index contributed by atoms with van der Waals surface area (Å²) in [7, 11) is 0. The van der Waals surface area contributed by atoms with Crippen LogP contribution in [0.2, 0.25) is 0 Å². The van der Waals surface area contributed by atoms with E-state index in [0.717, 1.165) is 12.0 Å². The van der Waals surface area contributed by atoms with Crippen LogP contribution in [0.5, 0.6) is 0 Å². The predicted octanol–water partition coefficient (Wildman–Crippen LogP) is 3.86. The van der Waals surface area contributed by atoms with E-state index in [2.05, 4.69) is 6.58 Å². The van der Waals surface area contributed by atoms with Crippen molar-refractivity contribution in [3.05, 3.63) is 36.0 Å². The van der Waals surface area contributed by atoms with E-state index in [9.17, 15) is 8.78 Å². The molecular weight excluding hydrogens is 170 g/mol. The fourth-order valence-electron chi connectivity index (χ4n) is 1.46. The second-order valence-corrected chi connectivity index (χ2v) is 3.35. The van der Waals surface area contributed by atoms with Gasteiger partial charge in [0.15, 0.2) is 0 Å². The van der Waals surface area contributed by atoms with Crippen LogP contribution in [0.1, 0.15) is 26.2 Å². The van der Waals surface area contributed by atoms with Crippen molar-refractivity contribution in [2.45, 2.75) is 32.1 Å². The summed E-state index contributed by atoms with van der Waals surface area (Å²) in [6.07, 6.45) is 5.78. The fraction of sp³-hybridized carbons (Fsp3) is 0.455. The van der Waals surface area contributed by atoms with Crippen molar-refractivity contribution in [3.8, 4) is 0 Å². The molecule has 1 aliphatic carbocycles. The minimum absolute atomic E-state index is 0.243. The number of allylic oxidation sites excluding steroid dienone is 5. The van der Waals surface area contributed by atoms with Gasteiger partial charge in [0.25, 0.3) is 5.92 Å². The molecule has 0 N–H and O–H groups in total. The van der Waals surface area contributed by atoms with Crippen LogP contribution in [0.3, 0.4) is 0 Å². The lowest BCUT2D eigenvalue weighted by molar-refractivity contribution is 0.0413. The van der Waals surface area contributed by atoms with Crippen LogP contribution < -0.4 is 0 Å². The Kier molecular flexibility index (Phi) is 3.02. The minimum Gasteiger partial charge on any atom is -0.201 e. The maximum Gasteiger partial charge on any atom is 0.273 e. The van der Waals surface area contributed by atoms with Crippen molar-refractivity contribution in [2.24, 2.45) is 0 Å². The Morgan fingerprint density at radius 1 is 1.62 bits per heavy atom. The Morgan fingerprint density at radius 2 is 2.31 bits per heavy atom. The zero-order valence-corrected chi connectivity index (χ0v) is 7.82. The second kappa shape index (κ2) is 3.86. The van der Waals surface area contributed by atoms with E-state index in [1.54, 1.807) is 6.08 Å². The molecule has 0 saturated carbocycles. The van der Waals surface area contributed by atoms with Gasteiger partial charge in [-0.1, -0.05) is 23.8 Å². The van der Waals surface area contributed by atoms with Gasteiger partial charge in [-0.25, -0.2) is 8.78 Å². The highest BCUT2D eigenvalue weighted by molar-refractivity contribution is 5.30. The quantitative estimate of drug-likeness (QED) is 0.584. The molecule has 0 aromatic carbocycles. The normalized spacial score (nSPS) is 17.8. The van der Waals surface area contributed by atoms with Crippen LogP contribution >= 0.6 is 0 Å². The second-order valence-electron chi connectivity index (χ2n) is 3.35. The van der Waals surface area contributed by atoms with Crippen LogP contribution in [-0.4, -0.2) is 5.92 Å². The molecule has 1 aliphatic rings. The molecule has 0 radical (unpaired) electrons. The Hall–Kier alpha value is -0.920. The molecule has 0 aromatic heterocycles. The van der Waals surface area contributed by atoms with E-state index < -0.39 is 5.92 Å². The lowest BCUT2D eigenvalue weighted by atomic mass is 9.94. The molecule has 0 heterocycles. The number of halogens is 2. The smallest absolute Gasteiger partial charge is 0.201 e. The maximum atomic E-state index is 13.3. The number of hydrogen-bond donors (Lipinski definition) is 0. The van der Waals surface area contributed by atoms with Gasteiger partial charge >= 0.3 is 0 Å². The van der Waals surface area contributed by atoms with Gasteiger partial charge in [0.1, 0.15) is 0 Å². The number of hydrogen-bond acceptors (Lipinski definition) is 0. The van der Waals surface area contributed by atoms with Crippen molar-refractivity contribution in [2.75, 3.05) is 0 Å². The molecule has 0 saturated heterocycles. The van der Waals surface area contributed by atoms with Crippen LogP contribution in [0, 0.1) is 0 Å². The Bertz CT molecular complexity index is 259. The van der Waals surface area contributed by atoms with Gasteiger partial charge < -0.3 is 0 Å². The molecule has 0 atom stereocenters. The largest absolute Gasteiger partial charge is 0.273 e. The van der Waals surface area contributed by atoms with E-state index in [1.165, 1.54) is 6.08 Å². The summed E-state index contributed by atoms with van der Waals surface area (Å²) in [4.78, 5) is 0. The van der Waals surface area contributed by atoms with Gasteiger partial charge in [0.2, 0.25) is 0 Å². The van der Waals surface area contributed by atoms with E-state index in [0.29, 0.717) is 6.42 Å². The van der Waals surface area contributed by atoms with Crippen molar-refractivity contribution in [3.63, 3.8) is 0 Å². The molecule has 0 nitrogen and oxygen atoms in total. The molecule has 13 heavy (non-hydrogen) atoms. The minimum atomic E-state index is -2.70. The standard InChI is InChI=1S/C11H14F2/c1-3-7-11(12,13)10-6-4-5-9(2)8-10/h3,5,8H,1,4,6-7H2,2H3. The maximum absolute atomic E-state index is 13.3. The first kappa shape index (κ1) is 10.2. The summed E-state index contributed by atoms with van der Waals surface area (Å²) in [6.45, 7) is 5.19. The molecule has 0 unspecified atom stereocenters. The van der Waals surface area contributed by atoms with Crippen LogP contribution in [-0.2, 0) is 0 Å². The highest BCUT2D eigenvalue weighted by atomic mass is 19.3. The summed E-state index contributed by atoms with van der Waals surface area (Å²) in [6, 6.07) is 0. The number of rotatable bonds is 3. The van der Waals surface area contributed by atoms with Gasteiger partial charge in [-0.15, -0.1) is 6.58 Å². The van der Waals surface area contributed by atoms with E-state index >= 15 is 0 Å². The molecule has 2 heteroatoms. The Morgan fingerprint density at radius 3 is 2.85 bits per heavy atom. The Labute approximate surface area is 77.6 Å². The van der Waals surface area contributed by atoms with Gasteiger partial charge in [0.05, 0.1) is 0 Å². The molecule has 0 aliphatic heterocycles. The molecule has 0 fully saturated rings. The molecular formula is C11H14F2. The highest BCUT2D eigenvalue weighted by Crippen LogP contribution is 2.34. The van der Waals surface area contributed by atoms with Gasteiger partial charge in [-0.2, -0.15) is 0 Å². The monoisotopic (exact) mass is 184 g/mol. The topological polar surface area (TPSA) is 0 Å². The summed E-state index contributed by atoms with van der Waals surface area (Å²) in [5.74, 6) is -2.70. The third-order valence-corrected chi connectivity index (χ3v) is 2.15. The first-order valence-electron chi connectivity index (χ1n) is 4.43. The molecule has 1 rings (SSSR count). The molecule has 0 bridgehead atoms. The highest BCUT2D eigenvalue weighted by Gasteiger charge is 2.32. The van der Waals surface area contributed by atoms with Gasteiger partial charge in [-0.3, -0.25) is 0 Å². The van der Waals surface area contributed by atoms with Crippen molar-refractivity contribution in [1.29, 1.82) is 0 Å². The zero-order valence-electron chi connectivity index (χ0n) is 7.82. The van der Waals surface area contributed by atoms with Crippen molar-refractivity contribution in [1.82, 2.24) is 0 Å². The SMILES string of the molecule is C=CCC(F)(F)C1=CC(C)=CCC1. The third kappa shape index (κ3) is 2.51. The van der Waals surface area contributed by atoms with E-state index in [4.69, 9.17) is 0 Å². The Balaban J connectivity index is 2.81. The average molecular weight is 184 g/mol. The van der Waals surface area contributed by atoms with Crippen LogP contribution in [0.4, 0.5) is 8.78 Å². The molecule has 72 valence electrons. The number of alkyl halides is 2. The lowest BCUT2D eigenvalue weighted by Gasteiger charge is -2.20. The molecule has 0 amide bonds. The predicted molar refractivity (Wildman–Crippen MR) is 50.8 cm³/mol. The molecule has 0 spiro atoms. The molecule has 0 aromatic rings. The average Bonchev–Trinajstić information content (AvgIpc) is 2.04. The van der Waals surface area contributed by atoms with E-state index in [1.807, 2.05) is 13.0 Å². The van der Waals surface area contributed by atoms with Crippen molar-refractivity contribution < 1.29 is 8.78 Å². The fourth-order valence-corrected chi connectivity index (χ4v) is 1.46.